The van der Waals surface area contributed by atoms with E-state index in [1.54, 1.807) is 6.07 Å². The van der Waals surface area contributed by atoms with Gasteiger partial charge in [-0.25, -0.2) is 4.39 Å². The Morgan fingerprint density at radius 1 is 1.53 bits per heavy atom. The Labute approximate surface area is 118 Å². The summed E-state index contributed by atoms with van der Waals surface area (Å²) >= 11 is 3.29. The van der Waals surface area contributed by atoms with Gasteiger partial charge in [0.25, 0.3) is 0 Å². The van der Waals surface area contributed by atoms with Crippen LogP contribution in [0.3, 0.4) is 0 Å². The normalized spacial score (nSPS) is 18.8. The molecule has 0 spiro atoms. The van der Waals surface area contributed by atoms with Gasteiger partial charge in [-0.1, -0.05) is 15.9 Å². The second-order valence-electron chi connectivity index (χ2n) is 4.19. The van der Waals surface area contributed by atoms with Crippen LogP contribution in [0.2, 0.25) is 0 Å². The van der Waals surface area contributed by atoms with Crippen molar-refractivity contribution in [3.63, 3.8) is 0 Å². The van der Waals surface area contributed by atoms with Crippen LogP contribution in [0.25, 0.3) is 0 Å². The van der Waals surface area contributed by atoms with Crippen LogP contribution in [0.4, 0.5) is 4.39 Å². The highest BCUT2D eigenvalue weighted by Crippen LogP contribution is 2.17. The van der Waals surface area contributed by atoms with E-state index in [0.29, 0.717) is 5.56 Å². The lowest BCUT2D eigenvalue weighted by atomic mass is 10.2. The lowest BCUT2D eigenvalue weighted by molar-refractivity contribution is -0.126. The predicted molar refractivity (Wildman–Crippen MR) is 70.7 cm³/mol. The van der Waals surface area contributed by atoms with Gasteiger partial charge in [-0.15, -0.1) is 0 Å². The molecule has 19 heavy (non-hydrogen) atoms. The third kappa shape index (κ3) is 3.74. The summed E-state index contributed by atoms with van der Waals surface area (Å²) in [5.41, 5.74) is 0.660. The van der Waals surface area contributed by atoms with Crippen LogP contribution in [0, 0.1) is 5.82 Å². The first-order valence-corrected chi connectivity index (χ1v) is 6.57. The molecule has 0 saturated carbocycles. The van der Waals surface area contributed by atoms with Crippen molar-refractivity contribution in [2.45, 2.75) is 12.6 Å². The summed E-state index contributed by atoms with van der Waals surface area (Å²) in [6.45, 7) is 0.611. The first-order chi connectivity index (χ1) is 9.06. The van der Waals surface area contributed by atoms with Crippen molar-refractivity contribution in [3.05, 3.63) is 34.1 Å². The number of hydrogen-bond acceptors (Lipinski definition) is 3. The standard InChI is InChI=1S/C12H13BrFN3O2/c13-9-2-1-8(14)3-7(9)4-17-12(19)10-5-16-11(18)6-15-10/h1-3,10,15H,4-6H2,(H,16,18)(H,17,19). The molecular formula is C12H13BrFN3O2. The summed E-state index contributed by atoms with van der Waals surface area (Å²) in [6, 6.07) is 3.84. The fourth-order valence-electron chi connectivity index (χ4n) is 1.74. The van der Waals surface area contributed by atoms with Crippen molar-refractivity contribution >= 4 is 27.7 Å². The quantitative estimate of drug-likeness (QED) is 0.746. The number of piperazine rings is 1. The Hall–Kier alpha value is -1.47. The molecule has 0 aliphatic carbocycles. The van der Waals surface area contributed by atoms with E-state index in [1.807, 2.05) is 0 Å². The van der Waals surface area contributed by atoms with Crippen molar-refractivity contribution in [1.29, 1.82) is 0 Å². The molecular weight excluding hydrogens is 317 g/mol. The summed E-state index contributed by atoms with van der Waals surface area (Å²) in [5.74, 6) is -0.705. The molecule has 0 bridgehead atoms. The Kier molecular flexibility index (Phi) is 4.49. The Balaban J connectivity index is 1.89. The Morgan fingerprint density at radius 3 is 3.00 bits per heavy atom. The Bertz CT molecular complexity index is 500. The van der Waals surface area contributed by atoms with Crippen molar-refractivity contribution in [1.82, 2.24) is 16.0 Å². The van der Waals surface area contributed by atoms with E-state index in [1.165, 1.54) is 12.1 Å². The lowest BCUT2D eigenvalue weighted by Gasteiger charge is -2.23. The number of benzene rings is 1. The first kappa shape index (κ1) is 14.0. The van der Waals surface area contributed by atoms with Crippen molar-refractivity contribution in [3.8, 4) is 0 Å². The average Bonchev–Trinajstić information content (AvgIpc) is 2.40. The van der Waals surface area contributed by atoms with E-state index in [-0.39, 0.29) is 37.3 Å². The van der Waals surface area contributed by atoms with Gasteiger partial charge in [0.15, 0.2) is 0 Å². The van der Waals surface area contributed by atoms with Crippen LogP contribution in [0.15, 0.2) is 22.7 Å². The van der Waals surface area contributed by atoms with Crippen LogP contribution in [-0.4, -0.2) is 30.9 Å². The maximum Gasteiger partial charge on any atom is 0.239 e. The van der Waals surface area contributed by atoms with Gasteiger partial charge in [-0.05, 0) is 23.8 Å². The van der Waals surface area contributed by atoms with Gasteiger partial charge in [-0.2, -0.15) is 0 Å². The summed E-state index contributed by atoms with van der Waals surface area (Å²) in [5, 5.41) is 8.12. The number of rotatable bonds is 3. The van der Waals surface area contributed by atoms with Crippen molar-refractivity contribution in [2.75, 3.05) is 13.1 Å². The number of carbonyl (C=O) groups excluding carboxylic acids is 2. The topological polar surface area (TPSA) is 70.2 Å². The minimum absolute atomic E-state index is 0.127. The number of amides is 2. The molecule has 1 heterocycles. The van der Waals surface area contributed by atoms with E-state index >= 15 is 0 Å². The van der Waals surface area contributed by atoms with Crippen molar-refractivity contribution in [2.24, 2.45) is 0 Å². The minimum atomic E-state index is -0.454. The van der Waals surface area contributed by atoms with E-state index in [9.17, 15) is 14.0 Å². The Morgan fingerprint density at radius 2 is 2.32 bits per heavy atom. The van der Waals surface area contributed by atoms with Gasteiger partial charge < -0.3 is 10.6 Å². The fourth-order valence-corrected chi connectivity index (χ4v) is 2.12. The molecule has 1 aromatic rings. The summed E-state index contributed by atoms with van der Waals surface area (Å²) in [4.78, 5) is 22.8. The van der Waals surface area contributed by atoms with E-state index in [0.717, 1.165) is 4.47 Å². The molecule has 3 N–H and O–H groups in total. The smallest absolute Gasteiger partial charge is 0.239 e. The fraction of sp³-hybridized carbons (Fsp3) is 0.333. The van der Waals surface area contributed by atoms with Crippen LogP contribution in [0.1, 0.15) is 5.56 Å². The zero-order valence-electron chi connectivity index (χ0n) is 10.0. The molecule has 1 aromatic carbocycles. The second kappa shape index (κ2) is 6.12. The molecule has 1 aliphatic rings. The third-order valence-corrected chi connectivity index (χ3v) is 3.56. The maximum atomic E-state index is 13.1. The summed E-state index contributed by atoms with van der Waals surface area (Å²) in [7, 11) is 0. The molecule has 2 amide bonds. The molecule has 1 aliphatic heterocycles. The molecule has 1 atom stereocenters. The van der Waals surface area contributed by atoms with Gasteiger partial charge in [0, 0.05) is 17.6 Å². The minimum Gasteiger partial charge on any atom is -0.353 e. The van der Waals surface area contributed by atoms with Gasteiger partial charge in [0.1, 0.15) is 11.9 Å². The summed E-state index contributed by atoms with van der Waals surface area (Å²) in [6.07, 6.45) is 0. The van der Waals surface area contributed by atoms with Crippen LogP contribution < -0.4 is 16.0 Å². The largest absolute Gasteiger partial charge is 0.353 e. The van der Waals surface area contributed by atoms with E-state index in [4.69, 9.17) is 0 Å². The number of carbonyl (C=O) groups is 2. The van der Waals surface area contributed by atoms with Crippen molar-refractivity contribution < 1.29 is 14.0 Å². The molecule has 0 aromatic heterocycles. The summed E-state index contributed by atoms with van der Waals surface area (Å²) < 4.78 is 13.8. The second-order valence-corrected chi connectivity index (χ2v) is 5.05. The third-order valence-electron chi connectivity index (χ3n) is 2.79. The number of halogens is 2. The van der Waals surface area contributed by atoms with Crippen LogP contribution >= 0.6 is 15.9 Å². The molecule has 102 valence electrons. The highest BCUT2D eigenvalue weighted by molar-refractivity contribution is 9.10. The van der Waals surface area contributed by atoms with E-state index in [2.05, 4.69) is 31.9 Å². The lowest BCUT2D eigenvalue weighted by Crippen LogP contribution is -2.57. The highest BCUT2D eigenvalue weighted by atomic mass is 79.9. The zero-order valence-corrected chi connectivity index (χ0v) is 11.6. The number of nitrogens with one attached hydrogen (secondary N) is 3. The average molecular weight is 330 g/mol. The van der Waals surface area contributed by atoms with Gasteiger partial charge in [0.2, 0.25) is 11.8 Å². The molecule has 1 fully saturated rings. The molecule has 1 saturated heterocycles. The first-order valence-electron chi connectivity index (χ1n) is 5.78. The SMILES string of the molecule is O=C1CNC(C(=O)NCc2cc(F)ccc2Br)CN1. The molecule has 0 radical (unpaired) electrons. The highest BCUT2D eigenvalue weighted by Gasteiger charge is 2.23. The predicted octanol–water partition coefficient (Wildman–Crippen LogP) is 0.292. The van der Waals surface area contributed by atoms with E-state index < -0.39 is 6.04 Å². The molecule has 7 heteroatoms. The maximum absolute atomic E-state index is 13.1. The van der Waals surface area contributed by atoms with Crippen LogP contribution in [-0.2, 0) is 16.1 Å². The zero-order chi connectivity index (χ0) is 13.8. The monoisotopic (exact) mass is 329 g/mol. The number of hydrogen-bond donors (Lipinski definition) is 3. The van der Waals surface area contributed by atoms with Crippen LogP contribution in [0.5, 0.6) is 0 Å². The van der Waals surface area contributed by atoms with Gasteiger partial charge in [-0.3, -0.25) is 14.9 Å². The molecule has 2 rings (SSSR count). The molecule has 1 unspecified atom stereocenters. The molecule has 5 nitrogen and oxygen atoms in total. The van der Waals surface area contributed by atoms with Gasteiger partial charge in [0.05, 0.1) is 6.54 Å². The van der Waals surface area contributed by atoms with Gasteiger partial charge >= 0.3 is 0 Å².